The second-order valence-electron chi connectivity index (χ2n) is 7.40. The van der Waals surface area contributed by atoms with Crippen LogP contribution in [-0.2, 0) is 11.2 Å². The summed E-state index contributed by atoms with van der Waals surface area (Å²) in [5.41, 5.74) is 2.21. The number of aryl methyl sites for hydroxylation is 1. The molecule has 2 atom stereocenters. The molecule has 152 valence electrons. The summed E-state index contributed by atoms with van der Waals surface area (Å²) in [7, 11) is 1.86. The van der Waals surface area contributed by atoms with E-state index in [1.54, 1.807) is 12.4 Å². The van der Waals surface area contributed by atoms with Gasteiger partial charge in [0.2, 0.25) is 5.91 Å². The fourth-order valence-electron chi connectivity index (χ4n) is 3.87. The number of likely N-dealkylation sites (N-methyl/N-ethyl adjacent to an activating group) is 1. The van der Waals surface area contributed by atoms with Crippen LogP contribution in [0.25, 0.3) is 0 Å². The van der Waals surface area contributed by atoms with E-state index in [2.05, 4.69) is 45.5 Å². The van der Waals surface area contributed by atoms with Crippen LogP contribution >= 0.6 is 0 Å². The van der Waals surface area contributed by atoms with Crippen molar-refractivity contribution >= 4 is 5.91 Å². The number of nitrogens with zero attached hydrogens (tertiary/aromatic N) is 4. The number of pyridine rings is 1. The molecule has 1 aromatic heterocycles. The number of carbonyl (C=O) groups excluding carboxylic acids is 1. The molecule has 1 N–H and O–H groups in total. The number of aromatic nitrogens is 1. The Morgan fingerprint density at radius 2 is 1.93 bits per heavy atom. The van der Waals surface area contributed by atoms with Crippen LogP contribution < -0.4 is 5.32 Å². The molecule has 2 unspecified atom stereocenters. The van der Waals surface area contributed by atoms with Gasteiger partial charge in [0.05, 0.1) is 12.1 Å². The van der Waals surface area contributed by atoms with Crippen molar-refractivity contribution in [3.05, 3.63) is 66.0 Å². The Morgan fingerprint density at radius 1 is 1.17 bits per heavy atom. The number of hydrogen-bond acceptors (Lipinski definition) is 5. The third-order valence-corrected chi connectivity index (χ3v) is 5.56. The summed E-state index contributed by atoms with van der Waals surface area (Å²) >= 11 is 0. The summed E-state index contributed by atoms with van der Waals surface area (Å²) in [6.07, 6.45) is 6.23. The molecule has 3 rings (SSSR count). The first-order chi connectivity index (χ1) is 14.2. The van der Waals surface area contributed by atoms with Crippen molar-refractivity contribution in [1.82, 2.24) is 20.1 Å². The number of benzene rings is 1. The highest BCUT2D eigenvalue weighted by atomic mass is 16.2. The summed E-state index contributed by atoms with van der Waals surface area (Å²) in [5.74, 6) is 0.162. The van der Waals surface area contributed by atoms with Crippen LogP contribution in [0.3, 0.4) is 0 Å². The average molecular weight is 392 g/mol. The highest BCUT2D eigenvalue weighted by Crippen LogP contribution is 2.21. The molecule has 0 saturated carbocycles. The molecule has 2 heterocycles. The van der Waals surface area contributed by atoms with Gasteiger partial charge in [0.25, 0.3) is 0 Å². The van der Waals surface area contributed by atoms with E-state index in [-0.39, 0.29) is 18.0 Å². The van der Waals surface area contributed by atoms with Crippen LogP contribution in [0.2, 0.25) is 0 Å². The number of rotatable bonds is 8. The first-order valence-corrected chi connectivity index (χ1v) is 10.3. The van der Waals surface area contributed by atoms with Gasteiger partial charge in [0.15, 0.2) is 0 Å². The molecule has 1 aliphatic heterocycles. The van der Waals surface area contributed by atoms with Gasteiger partial charge in [-0.05, 0) is 37.9 Å². The summed E-state index contributed by atoms with van der Waals surface area (Å²) in [4.78, 5) is 21.1. The van der Waals surface area contributed by atoms with E-state index in [0.29, 0.717) is 26.2 Å². The minimum absolute atomic E-state index is 0.157. The molecular formula is C23H29N5O. The van der Waals surface area contributed by atoms with Crippen molar-refractivity contribution in [2.24, 2.45) is 0 Å². The van der Waals surface area contributed by atoms with Gasteiger partial charge >= 0.3 is 0 Å². The first-order valence-electron chi connectivity index (χ1n) is 10.3. The van der Waals surface area contributed by atoms with Crippen LogP contribution in [0, 0.1) is 11.3 Å². The zero-order valence-corrected chi connectivity index (χ0v) is 17.0. The highest BCUT2D eigenvalue weighted by molar-refractivity contribution is 5.82. The summed E-state index contributed by atoms with van der Waals surface area (Å²) in [6.45, 7) is 2.68. The minimum Gasteiger partial charge on any atom is -0.339 e. The molecule has 0 aliphatic carbocycles. The Bertz CT molecular complexity index is 797. The lowest BCUT2D eigenvalue weighted by atomic mass is 10.0. The van der Waals surface area contributed by atoms with Crippen molar-refractivity contribution in [3.63, 3.8) is 0 Å². The Hall–Kier alpha value is -2.75. The van der Waals surface area contributed by atoms with Gasteiger partial charge in [-0.3, -0.25) is 14.7 Å². The fraction of sp³-hybridized carbons (Fsp3) is 0.435. The molecular weight excluding hydrogens is 362 g/mol. The Kier molecular flexibility index (Phi) is 7.74. The van der Waals surface area contributed by atoms with Gasteiger partial charge in [-0.25, -0.2) is 0 Å². The van der Waals surface area contributed by atoms with Gasteiger partial charge in [-0.2, -0.15) is 5.26 Å². The van der Waals surface area contributed by atoms with E-state index >= 15 is 0 Å². The van der Waals surface area contributed by atoms with E-state index < -0.39 is 0 Å². The number of hydrogen-bond donors (Lipinski definition) is 1. The van der Waals surface area contributed by atoms with Crippen molar-refractivity contribution in [2.45, 2.75) is 31.3 Å². The summed E-state index contributed by atoms with van der Waals surface area (Å²) < 4.78 is 0. The van der Waals surface area contributed by atoms with Gasteiger partial charge in [0.1, 0.15) is 6.04 Å². The molecule has 1 saturated heterocycles. The molecule has 1 aromatic carbocycles. The van der Waals surface area contributed by atoms with Crippen molar-refractivity contribution < 1.29 is 4.79 Å². The zero-order chi connectivity index (χ0) is 20.5. The van der Waals surface area contributed by atoms with E-state index in [9.17, 15) is 10.1 Å². The van der Waals surface area contributed by atoms with Crippen molar-refractivity contribution in [3.8, 4) is 6.07 Å². The molecule has 1 fully saturated rings. The van der Waals surface area contributed by atoms with Gasteiger partial charge < -0.3 is 10.2 Å². The maximum Gasteiger partial charge on any atom is 0.239 e. The molecule has 6 heteroatoms. The van der Waals surface area contributed by atoms with Crippen LogP contribution in [0.15, 0.2) is 54.9 Å². The SMILES string of the molecule is CNC(CCCc1ccccc1)C(=O)N1CCN(C(C#N)c2cccnc2)CC1. The smallest absolute Gasteiger partial charge is 0.239 e. The third-order valence-electron chi connectivity index (χ3n) is 5.56. The maximum absolute atomic E-state index is 13.0. The van der Waals surface area contributed by atoms with Crippen LogP contribution in [0.1, 0.15) is 30.0 Å². The summed E-state index contributed by atoms with van der Waals surface area (Å²) in [5, 5.41) is 12.8. The Balaban J connectivity index is 1.49. The standard InChI is InChI=1S/C23H29N5O/c1-25-21(11-5-9-19-7-3-2-4-8-19)23(29)28-15-13-27(14-16-28)22(17-24)20-10-6-12-26-18-20/h2-4,6-8,10,12,18,21-22,25H,5,9,11,13-16H2,1H3. The first kappa shape index (κ1) is 21.0. The van der Waals surface area contributed by atoms with E-state index in [0.717, 1.165) is 24.8 Å². The second-order valence-corrected chi connectivity index (χ2v) is 7.40. The molecule has 0 bridgehead atoms. The second kappa shape index (κ2) is 10.7. The lowest BCUT2D eigenvalue weighted by molar-refractivity contribution is -0.135. The predicted molar refractivity (Wildman–Crippen MR) is 113 cm³/mol. The van der Waals surface area contributed by atoms with Crippen LogP contribution in [-0.4, -0.2) is 60.0 Å². The quantitative estimate of drug-likeness (QED) is 0.748. The van der Waals surface area contributed by atoms with Crippen molar-refractivity contribution in [1.29, 1.82) is 5.26 Å². The normalized spacial score (nSPS) is 16.8. The van der Waals surface area contributed by atoms with Crippen LogP contribution in [0.4, 0.5) is 0 Å². The lowest BCUT2D eigenvalue weighted by Gasteiger charge is -2.38. The number of nitriles is 1. The molecule has 0 spiro atoms. The fourth-order valence-corrected chi connectivity index (χ4v) is 3.87. The van der Waals surface area contributed by atoms with E-state index in [1.165, 1.54) is 5.56 Å². The number of piperazine rings is 1. The van der Waals surface area contributed by atoms with E-state index in [4.69, 9.17) is 0 Å². The number of carbonyl (C=O) groups is 1. The summed E-state index contributed by atoms with van der Waals surface area (Å²) in [6, 6.07) is 16.1. The van der Waals surface area contributed by atoms with Crippen LogP contribution in [0.5, 0.6) is 0 Å². The topological polar surface area (TPSA) is 72.3 Å². The third kappa shape index (κ3) is 5.63. The Labute approximate surface area is 173 Å². The average Bonchev–Trinajstić information content (AvgIpc) is 2.79. The van der Waals surface area contributed by atoms with Crippen molar-refractivity contribution in [2.75, 3.05) is 33.2 Å². The largest absolute Gasteiger partial charge is 0.339 e. The van der Waals surface area contributed by atoms with Gasteiger partial charge in [-0.1, -0.05) is 36.4 Å². The molecule has 6 nitrogen and oxygen atoms in total. The predicted octanol–water partition coefficient (Wildman–Crippen LogP) is 2.40. The number of amides is 1. The minimum atomic E-state index is -0.313. The molecule has 29 heavy (non-hydrogen) atoms. The molecule has 2 aromatic rings. The molecule has 1 amide bonds. The molecule has 1 aliphatic rings. The van der Waals surface area contributed by atoms with Gasteiger partial charge in [-0.15, -0.1) is 0 Å². The van der Waals surface area contributed by atoms with Gasteiger partial charge in [0, 0.05) is 44.1 Å². The lowest BCUT2D eigenvalue weighted by Crippen LogP contribution is -2.54. The monoisotopic (exact) mass is 391 g/mol. The highest BCUT2D eigenvalue weighted by Gasteiger charge is 2.29. The number of nitrogens with one attached hydrogen (secondary N) is 1. The van der Waals surface area contributed by atoms with E-state index in [1.807, 2.05) is 30.1 Å². The Morgan fingerprint density at radius 3 is 2.55 bits per heavy atom. The maximum atomic E-state index is 13.0. The molecule has 0 radical (unpaired) electrons. The zero-order valence-electron chi connectivity index (χ0n) is 17.0.